The van der Waals surface area contributed by atoms with Crippen LogP contribution in [0.4, 0.5) is 16.2 Å². The van der Waals surface area contributed by atoms with Crippen LogP contribution in [0.2, 0.25) is 0 Å². The van der Waals surface area contributed by atoms with Crippen LogP contribution in [0.1, 0.15) is 35.8 Å². The van der Waals surface area contributed by atoms with Gasteiger partial charge in [-0.2, -0.15) is 9.37 Å². The first-order chi connectivity index (χ1) is 17.0. The van der Waals surface area contributed by atoms with Crippen LogP contribution in [0, 0.1) is 5.95 Å². The van der Waals surface area contributed by atoms with Crippen molar-refractivity contribution in [2.24, 2.45) is 0 Å². The number of carboxylic acids is 2. The highest BCUT2D eigenvalue weighted by molar-refractivity contribution is 5.97. The van der Waals surface area contributed by atoms with Crippen LogP contribution in [0.5, 0.6) is 0 Å². The lowest BCUT2D eigenvalue weighted by Gasteiger charge is -2.20. The molecule has 2 amide bonds. The Hall–Kier alpha value is -5.02. The van der Waals surface area contributed by atoms with Gasteiger partial charge in [0.05, 0.1) is 24.0 Å². The van der Waals surface area contributed by atoms with Gasteiger partial charge in [-0.05, 0) is 18.6 Å². The third-order valence-corrected chi connectivity index (χ3v) is 4.79. The summed E-state index contributed by atoms with van der Waals surface area (Å²) in [6.07, 6.45) is 0.294. The smallest absolute Gasteiger partial charge is 0.326 e. The van der Waals surface area contributed by atoms with Crippen LogP contribution in [0.3, 0.4) is 0 Å². The van der Waals surface area contributed by atoms with Crippen LogP contribution in [-0.4, -0.2) is 64.9 Å². The van der Waals surface area contributed by atoms with Crippen molar-refractivity contribution in [1.29, 1.82) is 0 Å². The molecule has 0 saturated heterocycles. The van der Waals surface area contributed by atoms with E-state index in [2.05, 4.69) is 24.9 Å². The standard InChI is InChI=1S/C20H19FN8O7/c1-8(30)29(7-9-6-23-16-14(24-9)18(34)28-20(22)27-16)12-4-2-10(15(21)26-12)17(33)25-11(19(35)36)3-5-13(31)32/h2,4,6,11H,3,5,7H2,1H3,(H,25,33)(H,31,32)(H,35,36)(H3,22,23,27,28,34)/t11-/m0/s1. The Bertz CT molecular complexity index is 1430. The molecule has 0 bridgehead atoms. The van der Waals surface area contributed by atoms with Crippen molar-refractivity contribution in [3.63, 3.8) is 0 Å². The van der Waals surface area contributed by atoms with E-state index in [1.165, 1.54) is 13.1 Å². The largest absolute Gasteiger partial charge is 0.481 e. The number of carboxylic acid groups (broad SMARTS) is 2. The van der Waals surface area contributed by atoms with Crippen LogP contribution in [0.15, 0.2) is 23.1 Å². The van der Waals surface area contributed by atoms with Gasteiger partial charge < -0.3 is 21.3 Å². The number of nitrogens with zero attached hydrogens (tertiary/aromatic N) is 5. The van der Waals surface area contributed by atoms with Gasteiger partial charge in [0.15, 0.2) is 11.2 Å². The number of pyridine rings is 1. The highest BCUT2D eigenvalue weighted by Gasteiger charge is 2.25. The molecular weight excluding hydrogens is 483 g/mol. The number of rotatable bonds is 9. The van der Waals surface area contributed by atoms with Gasteiger partial charge in [-0.3, -0.25) is 29.1 Å². The number of halogens is 1. The number of aromatic amines is 1. The minimum atomic E-state index is -1.57. The van der Waals surface area contributed by atoms with E-state index in [0.717, 1.165) is 17.0 Å². The maximum atomic E-state index is 14.7. The number of fused-ring (bicyclic) bond motifs is 1. The molecule has 0 saturated carbocycles. The summed E-state index contributed by atoms with van der Waals surface area (Å²) in [5.41, 5.74) is 4.18. The Morgan fingerprint density at radius 3 is 2.53 bits per heavy atom. The van der Waals surface area contributed by atoms with Crippen molar-refractivity contribution in [2.75, 3.05) is 10.6 Å². The quantitative estimate of drug-likeness (QED) is 0.231. The summed E-state index contributed by atoms with van der Waals surface area (Å²) in [4.78, 5) is 77.4. The maximum Gasteiger partial charge on any atom is 0.326 e. The van der Waals surface area contributed by atoms with Crippen molar-refractivity contribution in [3.05, 3.63) is 45.9 Å². The zero-order chi connectivity index (χ0) is 26.6. The first kappa shape index (κ1) is 25.6. The van der Waals surface area contributed by atoms with Crippen LogP contribution in [-0.2, 0) is 20.9 Å². The van der Waals surface area contributed by atoms with Crippen molar-refractivity contribution in [1.82, 2.24) is 30.2 Å². The molecule has 0 fully saturated rings. The third kappa shape index (κ3) is 5.91. The summed E-state index contributed by atoms with van der Waals surface area (Å²) in [5, 5.41) is 19.9. The zero-order valence-electron chi connectivity index (χ0n) is 18.6. The van der Waals surface area contributed by atoms with E-state index in [9.17, 15) is 28.4 Å². The van der Waals surface area contributed by atoms with Gasteiger partial charge in [0.25, 0.3) is 11.5 Å². The second-order valence-corrected chi connectivity index (χ2v) is 7.39. The SMILES string of the molecule is CC(=O)N(Cc1cnc2nc(N)[nH]c(=O)c2n1)c1ccc(C(=O)N[C@@H](CCC(=O)O)C(=O)O)c(F)n1. The van der Waals surface area contributed by atoms with E-state index in [-0.39, 0.29) is 35.2 Å². The number of anilines is 2. The summed E-state index contributed by atoms with van der Waals surface area (Å²) < 4.78 is 14.7. The fourth-order valence-corrected chi connectivity index (χ4v) is 3.07. The van der Waals surface area contributed by atoms with Crippen LogP contribution >= 0.6 is 0 Å². The molecule has 1 atom stereocenters. The number of nitrogens with one attached hydrogen (secondary N) is 2. The van der Waals surface area contributed by atoms with Crippen molar-refractivity contribution in [2.45, 2.75) is 32.4 Å². The average Bonchev–Trinajstić information content (AvgIpc) is 2.79. The molecular formula is C20H19FN8O7. The fourth-order valence-electron chi connectivity index (χ4n) is 3.07. The van der Waals surface area contributed by atoms with Gasteiger partial charge in [0.2, 0.25) is 17.8 Å². The Balaban J connectivity index is 1.84. The number of amides is 2. The fraction of sp³-hybridized carbons (Fsp3) is 0.250. The Morgan fingerprint density at radius 1 is 1.19 bits per heavy atom. The first-order valence-electron chi connectivity index (χ1n) is 10.2. The molecule has 6 N–H and O–H groups in total. The monoisotopic (exact) mass is 502 g/mol. The van der Waals surface area contributed by atoms with E-state index in [4.69, 9.17) is 15.9 Å². The van der Waals surface area contributed by atoms with Gasteiger partial charge in [-0.1, -0.05) is 0 Å². The average molecular weight is 502 g/mol. The lowest BCUT2D eigenvalue weighted by atomic mass is 10.1. The highest BCUT2D eigenvalue weighted by atomic mass is 19.1. The van der Waals surface area contributed by atoms with Crippen molar-refractivity contribution < 1.29 is 33.8 Å². The number of aromatic nitrogens is 5. The maximum absolute atomic E-state index is 14.7. The van der Waals surface area contributed by atoms with E-state index in [1.54, 1.807) is 0 Å². The molecule has 3 heterocycles. The molecule has 15 nitrogen and oxygen atoms in total. The minimum Gasteiger partial charge on any atom is -0.481 e. The molecule has 0 radical (unpaired) electrons. The number of hydrogen-bond donors (Lipinski definition) is 5. The lowest BCUT2D eigenvalue weighted by Crippen LogP contribution is -2.41. The molecule has 3 aromatic heterocycles. The molecule has 16 heteroatoms. The highest BCUT2D eigenvalue weighted by Crippen LogP contribution is 2.18. The second kappa shape index (κ2) is 10.5. The Kier molecular flexibility index (Phi) is 7.46. The number of carbonyl (C=O) groups is 4. The predicted molar refractivity (Wildman–Crippen MR) is 119 cm³/mol. The Labute approximate surface area is 200 Å². The third-order valence-electron chi connectivity index (χ3n) is 4.79. The van der Waals surface area contributed by atoms with E-state index >= 15 is 0 Å². The van der Waals surface area contributed by atoms with Gasteiger partial charge in [-0.25, -0.2) is 19.7 Å². The number of carbonyl (C=O) groups excluding carboxylic acids is 2. The molecule has 3 aromatic rings. The van der Waals surface area contributed by atoms with Gasteiger partial charge in [-0.15, -0.1) is 0 Å². The molecule has 0 aliphatic heterocycles. The predicted octanol–water partition coefficient (Wildman–Crippen LogP) is -0.570. The summed E-state index contributed by atoms with van der Waals surface area (Å²) in [6.45, 7) is 0.903. The molecule has 3 rings (SSSR count). The van der Waals surface area contributed by atoms with Crippen LogP contribution < -0.4 is 21.5 Å². The van der Waals surface area contributed by atoms with Crippen molar-refractivity contribution in [3.8, 4) is 0 Å². The van der Waals surface area contributed by atoms with E-state index in [0.29, 0.717) is 0 Å². The molecule has 0 unspecified atom stereocenters. The molecule has 0 aliphatic carbocycles. The van der Waals surface area contributed by atoms with Gasteiger partial charge in [0, 0.05) is 13.3 Å². The Morgan fingerprint density at radius 2 is 1.92 bits per heavy atom. The summed E-state index contributed by atoms with van der Waals surface area (Å²) in [7, 11) is 0. The van der Waals surface area contributed by atoms with Crippen LogP contribution in [0.25, 0.3) is 11.2 Å². The normalized spacial score (nSPS) is 11.6. The molecule has 0 aliphatic rings. The topological polar surface area (TPSA) is 234 Å². The van der Waals surface area contributed by atoms with E-state index in [1.807, 2.05) is 5.32 Å². The molecule has 0 aromatic carbocycles. The first-order valence-corrected chi connectivity index (χ1v) is 10.2. The summed E-state index contributed by atoms with van der Waals surface area (Å²) >= 11 is 0. The summed E-state index contributed by atoms with van der Waals surface area (Å²) in [6, 6.07) is 0.569. The van der Waals surface area contributed by atoms with Gasteiger partial charge >= 0.3 is 11.9 Å². The molecule has 0 spiro atoms. The number of nitrogens with two attached hydrogens (primary N) is 1. The molecule has 188 valence electrons. The lowest BCUT2D eigenvalue weighted by molar-refractivity contribution is -0.140. The number of H-pyrrole nitrogens is 1. The minimum absolute atomic E-state index is 0.0167. The number of aliphatic carboxylic acids is 2. The number of nitrogen functional groups attached to an aromatic ring is 1. The zero-order valence-corrected chi connectivity index (χ0v) is 18.6. The summed E-state index contributed by atoms with van der Waals surface area (Å²) in [5.74, 6) is -6.14. The second-order valence-electron chi connectivity index (χ2n) is 7.39. The van der Waals surface area contributed by atoms with Crippen molar-refractivity contribution >= 4 is 46.7 Å². The van der Waals surface area contributed by atoms with Gasteiger partial charge in [0.1, 0.15) is 11.9 Å². The molecule has 36 heavy (non-hydrogen) atoms. The van der Waals surface area contributed by atoms with E-state index < -0.39 is 59.7 Å². The number of hydrogen-bond acceptors (Lipinski definition) is 10.